The van der Waals surface area contributed by atoms with Gasteiger partial charge in [0.2, 0.25) is 17.7 Å². The molecule has 12 nitrogen and oxygen atoms in total. The number of aliphatic imine (C=N–C) groups is 1. The van der Waals surface area contributed by atoms with E-state index in [2.05, 4.69) is 15.6 Å². The molecule has 0 aromatic carbocycles. The highest BCUT2D eigenvalue weighted by atomic mass is 32.2. The zero-order chi connectivity index (χ0) is 23.4. The van der Waals surface area contributed by atoms with Gasteiger partial charge in [-0.05, 0) is 44.1 Å². The number of nitrogens with one attached hydrogen (secondary N) is 2. The minimum Gasteiger partial charge on any atom is -0.480 e. The summed E-state index contributed by atoms with van der Waals surface area (Å²) in [6.07, 6.45) is 3.83. The SMILES string of the molecule is CSCCC(NC(=O)C1CCCN1C(=O)C(CCCN=C(N)N)NC(=O)CN)C(=O)O. The van der Waals surface area contributed by atoms with Crippen molar-refractivity contribution in [2.75, 3.05) is 31.6 Å². The number of carboxylic acid groups (broad SMARTS) is 1. The van der Waals surface area contributed by atoms with Gasteiger partial charge in [0.1, 0.15) is 18.1 Å². The van der Waals surface area contributed by atoms with Crippen LogP contribution in [-0.4, -0.2) is 89.4 Å². The minimum absolute atomic E-state index is 0.0698. The summed E-state index contributed by atoms with van der Waals surface area (Å²) >= 11 is 1.48. The molecule has 13 heteroatoms. The van der Waals surface area contributed by atoms with Gasteiger partial charge in [-0.2, -0.15) is 11.8 Å². The molecule has 3 atom stereocenters. The van der Waals surface area contributed by atoms with E-state index in [1.165, 1.54) is 16.7 Å². The van der Waals surface area contributed by atoms with Crippen LogP contribution in [0.5, 0.6) is 0 Å². The molecule has 1 heterocycles. The van der Waals surface area contributed by atoms with Gasteiger partial charge >= 0.3 is 5.97 Å². The van der Waals surface area contributed by atoms with Gasteiger partial charge in [-0.1, -0.05) is 0 Å². The number of amides is 3. The van der Waals surface area contributed by atoms with Crippen LogP contribution in [0.15, 0.2) is 4.99 Å². The lowest BCUT2D eigenvalue weighted by atomic mass is 10.1. The number of likely N-dealkylation sites (tertiary alicyclic amines) is 1. The van der Waals surface area contributed by atoms with E-state index in [9.17, 15) is 24.3 Å². The van der Waals surface area contributed by atoms with Gasteiger partial charge in [0, 0.05) is 13.1 Å². The molecule has 1 saturated heterocycles. The number of nitrogens with zero attached hydrogens (tertiary/aromatic N) is 2. The van der Waals surface area contributed by atoms with E-state index >= 15 is 0 Å². The number of rotatable bonds is 13. The van der Waals surface area contributed by atoms with Crippen LogP contribution in [-0.2, 0) is 19.2 Å². The Bertz CT molecular complexity index is 672. The van der Waals surface area contributed by atoms with E-state index < -0.39 is 41.8 Å². The molecule has 0 aliphatic carbocycles. The summed E-state index contributed by atoms with van der Waals surface area (Å²) in [5, 5.41) is 14.5. The Kier molecular flexibility index (Phi) is 11.7. The fourth-order valence-electron chi connectivity index (χ4n) is 3.28. The van der Waals surface area contributed by atoms with Crippen molar-refractivity contribution in [2.45, 2.75) is 50.2 Å². The topological polar surface area (TPSA) is 206 Å². The molecule has 9 N–H and O–H groups in total. The van der Waals surface area contributed by atoms with Crippen LogP contribution < -0.4 is 27.8 Å². The Hall–Kier alpha value is -2.54. The van der Waals surface area contributed by atoms with Crippen LogP contribution in [0.25, 0.3) is 0 Å². The lowest BCUT2D eigenvalue weighted by Crippen LogP contribution is -2.55. The molecule has 0 aromatic heterocycles. The fourth-order valence-corrected chi connectivity index (χ4v) is 3.75. The van der Waals surface area contributed by atoms with E-state index in [-0.39, 0.29) is 31.9 Å². The van der Waals surface area contributed by atoms with Crippen LogP contribution in [0.1, 0.15) is 32.1 Å². The number of hydrogen-bond acceptors (Lipinski definition) is 7. The molecule has 1 aliphatic heterocycles. The first-order chi connectivity index (χ1) is 14.7. The first kappa shape index (κ1) is 26.5. The van der Waals surface area contributed by atoms with Gasteiger partial charge in [-0.15, -0.1) is 0 Å². The Morgan fingerprint density at radius 3 is 2.48 bits per heavy atom. The molecule has 1 rings (SSSR count). The Morgan fingerprint density at radius 1 is 1.19 bits per heavy atom. The van der Waals surface area contributed by atoms with E-state index in [1.807, 2.05) is 6.26 Å². The maximum Gasteiger partial charge on any atom is 0.326 e. The summed E-state index contributed by atoms with van der Waals surface area (Å²) in [7, 11) is 0. The average molecular weight is 460 g/mol. The van der Waals surface area contributed by atoms with Gasteiger partial charge in [0.15, 0.2) is 5.96 Å². The predicted octanol–water partition coefficient (Wildman–Crippen LogP) is -2.20. The number of carbonyl (C=O) groups excluding carboxylic acids is 3. The van der Waals surface area contributed by atoms with Gasteiger partial charge < -0.3 is 37.8 Å². The van der Waals surface area contributed by atoms with Crippen LogP contribution >= 0.6 is 11.8 Å². The Labute approximate surface area is 185 Å². The smallest absolute Gasteiger partial charge is 0.326 e. The molecule has 31 heavy (non-hydrogen) atoms. The third kappa shape index (κ3) is 9.00. The van der Waals surface area contributed by atoms with Gasteiger partial charge in [0.05, 0.1) is 6.54 Å². The van der Waals surface area contributed by atoms with E-state index in [0.717, 1.165) is 0 Å². The lowest BCUT2D eigenvalue weighted by molar-refractivity contribution is -0.144. The average Bonchev–Trinajstić information content (AvgIpc) is 3.22. The zero-order valence-electron chi connectivity index (χ0n) is 17.7. The van der Waals surface area contributed by atoms with Crippen molar-refractivity contribution in [3.8, 4) is 0 Å². The highest BCUT2D eigenvalue weighted by Gasteiger charge is 2.38. The monoisotopic (exact) mass is 459 g/mol. The van der Waals surface area contributed by atoms with Crippen LogP contribution in [0.2, 0.25) is 0 Å². The van der Waals surface area contributed by atoms with Crippen molar-refractivity contribution >= 4 is 41.4 Å². The van der Waals surface area contributed by atoms with E-state index in [1.54, 1.807) is 0 Å². The third-order valence-corrected chi connectivity index (χ3v) is 5.47. The zero-order valence-corrected chi connectivity index (χ0v) is 18.5. The summed E-state index contributed by atoms with van der Waals surface area (Å²) < 4.78 is 0. The van der Waals surface area contributed by atoms with Crippen molar-refractivity contribution in [3.05, 3.63) is 0 Å². The predicted molar refractivity (Wildman–Crippen MR) is 118 cm³/mol. The third-order valence-electron chi connectivity index (χ3n) is 4.83. The number of hydrogen-bond donors (Lipinski definition) is 6. The van der Waals surface area contributed by atoms with Crippen molar-refractivity contribution < 1.29 is 24.3 Å². The molecule has 0 saturated carbocycles. The second-order valence-electron chi connectivity index (χ2n) is 7.14. The number of carboxylic acids is 1. The fraction of sp³-hybridized carbons (Fsp3) is 0.722. The summed E-state index contributed by atoms with van der Waals surface area (Å²) in [5.41, 5.74) is 15.9. The van der Waals surface area contributed by atoms with Gasteiger partial charge in [0.25, 0.3) is 0 Å². The highest BCUT2D eigenvalue weighted by Crippen LogP contribution is 2.20. The Morgan fingerprint density at radius 2 is 1.90 bits per heavy atom. The van der Waals surface area contributed by atoms with Crippen molar-refractivity contribution in [3.63, 3.8) is 0 Å². The van der Waals surface area contributed by atoms with Crippen molar-refractivity contribution in [1.29, 1.82) is 0 Å². The second-order valence-corrected chi connectivity index (χ2v) is 8.13. The number of nitrogens with two attached hydrogens (primary N) is 3. The lowest BCUT2D eigenvalue weighted by Gasteiger charge is -2.29. The molecule has 0 spiro atoms. The van der Waals surface area contributed by atoms with Crippen LogP contribution in [0, 0.1) is 0 Å². The number of thioether (sulfide) groups is 1. The van der Waals surface area contributed by atoms with Crippen molar-refractivity contribution in [1.82, 2.24) is 15.5 Å². The molecule has 0 radical (unpaired) electrons. The maximum atomic E-state index is 13.1. The molecular weight excluding hydrogens is 426 g/mol. The molecule has 1 aliphatic rings. The van der Waals surface area contributed by atoms with E-state index in [0.29, 0.717) is 31.6 Å². The molecule has 176 valence electrons. The molecule has 1 fully saturated rings. The van der Waals surface area contributed by atoms with Crippen molar-refractivity contribution in [2.24, 2.45) is 22.2 Å². The largest absolute Gasteiger partial charge is 0.480 e. The van der Waals surface area contributed by atoms with Crippen LogP contribution in [0.3, 0.4) is 0 Å². The Balaban J connectivity index is 2.86. The first-order valence-electron chi connectivity index (χ1n) is 10.1. The summed E-state index contributed by atoms with van der Waals surface area (Å²) in [6, 6.07) is -2.70. The quantitative estimate of drug-likeness (QED) is 0.100. The molecule has 3 unspecified atom stereocenters. The number of aliphatic carboxylic acids is 1. The van der Waals surface area contributed by atoms with E-state index in [4.69, 9.17) is 17.2 Å². The van der Waals surface area contributed by atoms with Crippen LogP contribution in [0.4, 0.5) is 0 Å². The summed E-state index contributed by atoms with van der Waals surface area (Å²) in [4.78, 5) is 54.3. The highest BCUT2D eigenvalue weighted by molar-refractivity contribution is 7.98. The number of guanidine groups is 1. The summed E-state index contributed by atoms with van der Waals surface area (Å²) in [6.45, 7) is 0.337. The molecule has 3 amide bonds. The minimum atomic E-state index is -1.12. The number of carbonyl (C=O) groups is 4. The molecular formula is C18H33N7O5S. The van der Waals surface area contributed by atoms with Gasteiger partial charge in [-0.25, -0.2) is 4.79 Å². The normalized spacial score (nSPS) is 17.5. The molecule has 0 aromatic rings. The maximum absolute atomic E-state index is 13.1. The second kappa shape index (κ2) is 13.7. The molecule has 0 bridgehead atoms. The summed E-state index contributed by atoms with van der Waals surface area (Å²) in [5.74, 6) is -2.04. The first-order valence-corrected chi connectivity index (χ1v) is 11.5. The standard InChI is InChI=1S/C18H33N7O5S/c1-31-9-6-12(17(29)30)24-15(27)13-5-3-8-25(13)16(28)11(23-14(26)10-19)4-2-7-22-18(20)21/h11-13H,2-10,19H2,1H3,(H,23,26)(H,24,27)(H,29,30)(H4,20,21,22). The van der Waals surface area contributed by atoms with Gasteiger partial charge in [-0.3, -0.25) is 19.4 Å².